The molecule has 1 aromatic heterocycles. The van der Waals surface area contributed by atoms with Crippen molar-refractivity contribution in [3.8, 4) is 17.0 Å². The molecule has 3 aromatic rings. The van der Waals surface area contributed by atoms with Crippen LogP contribution < -0.4 is 4.74 Å². The van der Waals surface area contributed by atoms with Crippen molar-refractivity contribution in [3.63, 3.8) is 0 Å². The van der Waals surface area contributed by atoms with E-state index in [0.29, 0.717) is 5.92 Å². The second-order valence-corrected chi connectivity index (χ2v) is 9.53. The van der Waals surface area contributed by atoms with E-state index in [2.05, 4.69) is 94.1 Å². The van der Waals surface area contributed by atoms with Gasteiger partial charge in [0.25, 0.3) is 0 Å². The maximum atomic E-state index is 6.39. The van der Waals surface area contributed by atoms with Gasteiger partial charge in [0.15, 0.2) is 0 Å². The van der Waals surface area contributed by atoms with E-state index >= 15 is 0 Å². The highest BCUT2D eigenvalue weighted by molar-refractivity contribution is 5.70. The zero-order chi connectivity index (χ0) is 23.4. The largest absolute Gasteiger partial charge is 0.491 e. The van der Waals surface area contributed by atoms with Crippen LogP contribution in [0.25, 0.3) is 11.3 Å². The predicted octanol–water partition coefficient (Wildman–Crippen LogP) is 6.96. The average Bonchev–Trinajstić information content (AvgIpc) is 3.29. The molecule has 0 spiro atoms. The van der Waals surface area contributed by atoms with Crippen LogP contribution in [0.1, 0.15) is 68.0 Å². The van der Waals surface area contributed by atoms with Crippen LogP contribution >= 0.6 is 0 Å². The maximum Gasteiger partial charge on any atom is 0.128 e. The van der Waals surface area contributed by atoms with E-state index in [0.717, 1.165) is 49.6 Å². The normalized spacial score (nSPS) is 16.5. The number of ether oxygens (including phenoxy) is 1. The zero-order valence-corrected chi connectivity index (χ0v) is 20.9. The number of aromatic nitrogens is 1. The lowest BCUT2D eigenvalue weighted by atomic mass is 9.94. The molecule has 1 fully saturated rings. The van der Waals surface area contributed by atoms with E-state index in [9.17, 15) is 0 Å². The third-order valence-electron chi connectivity index (χ3n) is 6.83. The summed E-state index contributed by atoms with van der Waals surface area (Å²) in [4.78, 5) is 7.70. The molecule has 3 heteroatoms. The number of hydrogen-bond donors (Lipinski definition) is 0. The predicted molar refractivity (Wildman–Crippen MR) is 138 cm³/mol. The average molecular weight is 443 g/mol. The number of nitrogens with zero attached hydrogens (tertiary/aromatic N) is 2. The van der Waals surface area contributed by atoms with Gasteiger partial charge in [0.1, 0.15) is 5.75 Å². The Balaban J connectivity index is 1.66. The van der Waals surface area contributed by atoms with E-state index in [-0.39, 0.29) is 6.10 Å². The minimum absolute atomic E-state index is 0.126. The lowest BCUT2D eigenvalue weighted by molar-refractivity contribution is 0.233. The molecule has 2 aromatic carbocycles. The van der Waals surface area contributed by atoms with Crippen molar-refractivity contribution in [1.29, 1.82) is 0 Å². The van der Waals surface area contributed by atoms with Gasteiger partial charge in [-0.05, 0) is 69.2 Å². The molecule has 1 atom stereocenters. The minimum Gasteiger partial charge on any atom is -0.491 e. The van der Waals surface area contributed by atoms with Gasteiger partial charge in [-0.15, -0.1) is 0 Å². The summed E-state index contributed by atoms with van der Waals surface area (Å²) in [5, 5.41) is 0. The molecule has 2 heterocycles. The Morgan fingerprint density at radius 3 is 2.33 bits per heavy atom. The van der Waals surface area contributed by atoms with Gasteiger partial charge in [0.05, 0.1) is 11.8 Å². The van der Waals surface area contributed by atoms with Gasteiger partial charge in [0.2, 0.25) is 0 Å². The number of likely N-dealkylation sites (tertiary alicyclic amines) is 1. The number of benzene rings is 2. The molecule has 0 aliphatic carbocycles. The van der Waals surface area contributed by atoms with E-state index in [1.165, 1.54) is 34.2 Å². The first-order valence-electron chi connectivity index (χ1n) is 12.6. The maximum absolute atomic E-state index is 6.39. The third-order valence-corrected chi connectivity index (χ3v) is 6.83. The molecule has 1 unspecified atom stereocenters. The molecule has 3 nitrogen and oxygen atoms in total. The first kappa shape index (κ1) is 23.5. The first-order chi connectivity index (χ1) is 16.0. The SMILES string of the molecule is CCc1cccc(CC)c1-c1cc(OC(C)C)c(CN2CCC(c3ccccc3)C2)c(C)n1. The Labute approximate surface area is 199 Å². The van der Waals surface area contributed by atoms with Crippen LogP contribution in [0.2, 0.25) is 0 Å². The van der Waals surface area contributed by atoms with Crippen LogP contribution in [0.15, 0.2) is 54.6 Å². The molecule has 1 saturated heterocycles. The third kappa shape index (κ3) is 5.30. The number of pyridine rings is 1. The summed E-state index contributed by atoms with van der Waals surface area (Å²) in [6.45, 7) is 13.9. The van der Waals surface area contributed by atoms with Crippen molar-refractivity contribution >= 4 is 0 Å². The summed E-state index contributed by atoms with van der Waals surface area (Å²) in [6, 6.07) is 19.8. The number of aryl methyl sites for hydroxylation is 3. The Morgan fingerprint density at radius 2 is 1.70 bits per heavy atom. The van der Waals surface area contributed by atoms with Gasteiger partial charge in [-0.25, -0.2) is 0 Å². The molecular formula is C30H38N2O. The first-order valence-corrected chi connectivity index (χ1v) is 12.6. The van der Waals surface area contributed by atoms with Crippen LogP contribution in [0.3, 0.4) is 0 Å². The van der Waals surface area contributed by atoms with Crippen LogP contribution in [0.5, 0.6) is 5.75 Å². The molecule has 1 aliphatic rings. The van der Waals surface area contributed by atoms with Crippen molar-refractivity contribution in [2.24, 2.45) is 0 Å². The fourth-order valence-electron chi connectivity index (χ4n) is 5.12. The zero-order valence-electron chi connectivity index (χ0n) is 20.9. The van der Waals surface area contributed by atoms with Gasteiger partial charge >= 0.3 is 0 Å². The fraction of sp³-hybridized carbons (Fsp3) is 0.433. The molecule has 1 aliphatic heterocycles. The fourth-order valence-corrected chi connectivity index (χ4v) is 5.12. The van der Waals surface area contributed by atoms with Crippen molar-refractivity contribution in [3.05, 3.63) is 82.5 Å². The highest BCUT2D eigenvalue weighted by Crippen LogP contribution is 2.35. The van der Waals surface area contributed by atoms with Gasteiger partial charge in [0, 0.05) is 36.0 Å². The van der Waals surface area contributed by atoms with Gasteiger partial charge in [-0.3, -0.25) is 9.88 Å². The molecule has 0 radical (unpaired) electrons. The summed E-state index contributed by atoms with van der Waals surface area (Å²) < 4.78 is 6.39. The lowest BCUT2D eigenvalue weighted by Crippen LogP contribution is -2.22. The number of rotatable bonds is 8. The summed E-state index contributed by atoms with van der Waals surface area (Å²) in [5.74, 6) is 1.60. The molecular weight excluding hydrogens is 404 g/mol. The standard InChI is InChI=1S/C30H38N2O/c1-6-23-14-11-15-24(7-2)30(23)28-18-29(33-21(3)4)27(22(5)31-28)20-32-17-16-26(19-32)25-12-9-8-10-13-25/h8-15,18,21,26H,6-7,16-17,19-20H2,1-5H3. The van der Waals surface area contributed by atoms with Crippen molar-refractivity contribution in [1.82, 2.24) is 9.88 Å². The summed E-state index contributed by atoms with van der Waals surface area (Å²) in [7, 11) is 0. The van der Waals surface area contributed by atoms with Crippen molar-refractivity contribution < 1.29 is 4.74 Å². The monoisotopic (exact) mass is 442 g/mol. The molecule has 0 amide bonds. The van der Waals surface area contributed by atoms with Crippen molar-refractivity contribution in [2.75, 3.05) is 13.1 Å². The summed E-state index contributed by atoms with van der Waals surface area (Å²) >= 11 is 0. The Morgan fingerprint density at radius 1 is 1.00 bits per heavy atom. The Kier molecular flexibility index (Phi) is 7.49. The second kappa shape index (κ2) is 10.5. The summed E-state index contributed by atoms with van der Waals surface area (Å²) in [5.41, 5.74) is 8.81. The van der Waals surface area contributed by atoms with Crippen LogP contribution in [0, 0.1) is 6.92 Å². The molecule has 0 saturated carbocycles. The number of hydrogen-bond acceptors (Lipinski definition) is 3. The summed E-state index contributed by atoms with van der Waals surface area (Å²) in [6.07, 6.45) is 3.33. The van der Waals surface area contributed by atoms with E-state index < -0.39 is 0 Å². The second-order valence-electron chi connectivity index (χ2n) is 9.53. The Bertz CT molecular complexity index is 1050. The van der Waals surface area contributed by atoms with Crippen LogP contribution in [-0.2, 0) is 19.4 Å². The van der Waals surface area contributed by atoms with E-state index in [1.54, 1.807) is 0 Å². The molecule has 0 N–H and O–H groups in total. The molecule has 4 rings (SSSR count). The van der Waals surface area contributed by atoms with E-state index in [1.807, 2.05) is 0 Å². The van der Waals surface area contributed by atoms with Crippen LogP contribution in [-0.4, -0.2) is 29.1 Å². The van der Waals surface area contributed by atoms with Gasteiger partial charge in [-0.2, -0.15) is 0 Å². The lowest BCUT2D eigenvalue weighted by Gasteiger charge is -2.23. The van der Waals surface area contributed by atoms with Crippen LogP contribution in [0.4, 0.5) is 0 Å². The minimum atomic E-state index is 0.126. The highest BCUT2D eigenvalue weighted by atomic mass is 16.5. The highest BCUT2D eigenvalue weighted by Gasteiger charge is 2.26. The molecule has 0 bridgehead atoms. The molecule has 33 heavy (non-hydrogen) atoms. The smallest absolute Gasteiger partial charge is 0.128 e. The molecule has 174 valence electrons. The van der Waals surface area contributed by atoms with Gasteiger partial charge < -0.3 is 4.74 Å². The topological polar surface area (TPSA) is 25.4 Å². The van der Waals surface area contributed by atoms with Gasteiger partial charge in [-0.1, -0.05) is 62.4 Å². The quantitative estimate of drug-likeness (QED) is 0.377. The Hall–Kier alpha value is -2.65. The van der Waals surface area contributed by atoms with Crippen molar-refractivity contribution in [2.45, 2.75) is 72.4 Å². The van der Waals surface area contributed by atoms with E-state index in [4.69, 9.17) is 9.72 Å².